The van der Waals surface area contributed by atoms with Gasteiger partial charge in [-0.1, -0.05) is 12.1 Å². The Balaban J connectivity index is 1.78. The van der Waals surface area contributed by atoms with Crippen LogP contribution in [-0.2, 0) is 6.54 Å². The monoisotopic (exact) mass is 273 g/mol. The van der Waals surface area contributed by atoms with Gasteiger partial charge in [0.15, 0.2) is 11.5 Å². The van der Waals surface area contributed by atoms with E-state index in [0.29, 0.717) is 19.8 Å². The molecule has 0 bridgehead atoms. The lowest BCUT2D eigenvalue weighted by atomic mass is 10.1. The van der Waals surface area contributed by atoms with Crippen LogP contribution in [0.4, 0.5) is 10.1 Å². The number of hydrogen-bond acceptors (Lipinski definition) is 3. The highest BCUT2D eigenvalue weighted by molar-refractivity contribution is 5.53. The molecule has 0 radical (unpaired) electrons. The Morgan fingerprint density at radius 1 is 1.15 bits per heavy atom. The molecular formula is C16H16FNO2. The van der Waals surface area contributed by atoms with Gasteiger partial charge in [-0.25, -0.2) is 4.39 Å². The number of para-hydroxylation sites is 1. The van der Waals surface area contributed by atoms with Gasteiger partial charge in [0.1, 0.15) is 19.0 Å². The molecule has 20 heavy (non-hydrogen) atoms. The topological polar surface area (TPSA) is 30.5 Å². The molecule has 0 aromatic heterocycles. The summed E-state index contributed by atoms with van der Waals surface area (Å²) in [6, 6.07) is 10.6. The number of ether oxygens (including phenoxy) is 2. The van der Waals surface area contributed by atoms with Gasteiger partial charge >= 0.3 is 0 Å². The average molecular weight is 273 g/mol. The Labute approximate surface area is 117 Å². The molecule has 0 fully saturated rings. The number of anilines is 1. The zero-order valence-corrected chi connectivity index (χ0v) is 11.3. The number of halogens is 1. The quantitative estimate of drug-likeness (QED) is 0.928. The zero-order chi connectivity index (χ0) is 13.9. The molecule has 0 saturated carbocycles. The van der Waals surface area contributed by atoms with Gasteiger partial charge in [0, 0.05) is 17.8 Å². The molecule has 0 saturated heterocycles. The van der Waals surface area contributed by atoms with E-state index in [4.69, 9.17) is 9.47 Å². The zero-order valence-electron chi connectivity index (χ0n) is 11.3. The lowest BCUT2D eigenvalue weighted by Gasteiger charge is -2.21. The molecule has 104 valence electrons. The maximum Gasteiger partial charge on any atom is 0.166 e. The summed E-state index contributed by atoms with van der Waals surface area (Å²) < 4.78 is 24.3. The van der Waals surface area contributed by atoms with Gasteiger partial charge in [0.25, 0.3) is 0 Å². The second-order valence-corrected chi connectivity index (χ2v) is 4.75. The number of rotatable bonds is 3. The summed E-state index contributed by atoms with van der Waals surface area (Å²) in [6.45, 7) is 3.64. The van der Waals surface area contributed by atoms with Crippen molar-refractivity contribution < 1.29 is 13.9 Å². The molecule has 0 amide bonds. The highest BCUT2D eigenvalue weighted by Gasteiger charge is 2.15. The van der Waals surface area contributed by atoms with E-state index in [1.165, 1.54) is 12.1 Å². The lowest BCUT2D eigenvalue weighted by Crippen LogP contribution is -2.17. The van der Waals surface area contributed by atoms with Crippen molar-refractivity contribution in [2.75, 3.05) is 18.5 Å². The number of hydrogen-bond donors (Lipinski definition) is 1. The van der Waals surface area contributed by atoms with Crippen LogP contribution in [0.3, 0.4) is 0 Å². The fourth-order valence-corrected chi connectivity index (χ4v) is 2.29. The lowest BCUT2D eigenvalue weighted by molar-refractivity contribution is 0.170. The Hall–Kier alpha value is -2.23. The molecule has 0 atom stereocenters. The molecule has 3 nitrogen and oxygen atoms in total. The number of benzene rings is 2. The van der Waals surface area contributed by atoms with Gasteiger partial charge in [0.2, 0.25) is 0 Å². The third kappa shape index (κ3) is 2.54. The summed E-state index contributed by atoms with van der Waals surface area (Å²) in [5, 5.41) is 3.30. The van der Waals surface area contributed by atoms with Gasteiger partial charge in [-0.15, -0.1) is 0 Å². The van der Waals surface area contributed by atoms with E-state index in [1.807, 2.05) is 25.1 Å². The van der Waals surface area contributed by atoms with Crippen LogP contribution >= 0.6 is 0 Å². The van der Waals surface area contributed by atoms with Crippen LogP contribution < -0.4 is 14.8 Å². The molecule has 1 N–H and O–H groups in total. The van der Waals surface area contributed by atoms with E-state index in [2.05, 4.69) is 5.32 Å². The fraction of sp³-hybridized carbons (Fsp3) is 0.250. The van der Waals surface area contributed by atoms with E-state index in [0.717, 1.165) is 28.3 Å². The molecular weight excluding hydrogens is 257 g/mol. The van der Waals surface area contributed by atoms with E-state index < -0.39 is 0 Å². The maximum atomic E-state index is 13.1. The highest BCUT2D eigenvalue weighted by Crippen LogP contribution is 2.34. The first-order chi connectivity index (χ1) is 9.74. The summed E-state index contributed by atoms with van der Waals surface area (Å²) in [4.78, 5) is 0. The molecule has 0 aliphatic carbocycles. The standard InChI is InChI=1S/C16H16FNO2/c1-11-9-13(17)5-6-14(11)18-10-12-3-2-4-15-16(12)20-8-7-19-15/h2-6,9,18H,7-8,10H2,1H3. The van der Waals surface area contributed by atoms with Crippen molar-refractivity contribution in [1.82, 2.24) is 0 Å². The average Bonchev–Trinajstić information content (AvgIpc) is 2.46. The van der Waals surface area contributed by atoms with Crippen LogP contribution in [-0.4, -0.2) is 13.2 Å². The maximum absolute atomic E-state index is 13.1. The van der Waals surface area contributed by atoms with Gasteiger partial charge in [-0.05, 0) is 36.8 Å². The highest BCUT2D eigenvalue weighted by atomic mass is 19.1. The van der Waals surface area contributed by atoms with Crippen LogP contribution in [0.2, 0.25) is 0 Å². The van der Waals surface area contributed by atoms with E-state index in [-0.39, 0.29) is 5.82 Å². The van der Waals surface area contributed by atoms with Crippen LogP contribution in [0.25, 0.3) is 0 Å². The summed E-state index contributed by atoms with van der Waals surface area (Å²) in [5.41, 5.74) is 2.83. The van der Waals surface area contributed by atoms with Crippen LogP contribution in [0.1, 0.15) is 11.1 Å². The van der Waals surface area contributed by atoms with Gasteiger partial charge in [-0.3, -0.25) is 0 Å². The van der Waals surface area contributed by atoms with Crippen molar-refractivity contribution in [1.29, 1.82) is 0 Å². The molecule has 4 heteroatoms. The Kier molecular flexibility index (Phi) is 3.46. The van der Waals surface area contributed by atoms with Gasteiger partial charge in [0.05, 0.1) is 0 Å². The van der Waals surface area contributed by atoms with Crippen LogP contribution in [0.5, 0.6) is 11.5 Å². The first-order valence-electron chi connectivity index (χ1n) is 6.61. The Morgan fingerprint density at radius 3 is 2.85 bits per heavy atom. The summed E-state index contributed by atoms with van der Waals surface area (Å²) >= 11 is 0. The summed E-state index contributed by atoms with van der Waals surface area (Å²) in [5.74, 6) is 1.36. The summed E-state index contributed by atoms with van der Waals surface area (Å²) in [6.07, 6.45) is 0. The van der Waals surface area contributed by atoms with Crippen molar-refractivity contribution in [2.24, 2.45) is 0 Å². The van der Waals surface area contributed by atoms with E-state index in [9.17, 15) is 4.39 Å². The SMILES string of the molecule is Cc1cc(F)ccc1NCc1cccc2c1OCCO2. The van der Waals surface area contributed by atoms with E-state index >= 15 is 0 Å². The van der Waals surface area contributed by atoms with Crippen molar-refractivity contribution in [3.63, 3.8) is 0 Å². The van der Waals surface area contributed by atoms with Crippen molar-refractivity contribution in [3.05, 3.63) is 53.3 Å². The molecule has 1 aliphatic rings. The number of fused-ring (bicyclic) bond motifs is 1. The predicted octanol–water partition coefficient (Wildman–Crippen LogP) is 3.52. The third-order valence-corrected chi connectivity index (χ3v) is 3.31. The molecule has 0 spiro atoms. The minimum Gasteiger partial charge on any atom is -0.486 e. The largest absolute Gasteiger partial charge is 0.486 e. The first kappa shape index (κ1) is 12.8. The molecule has 1 heterocycles. The Bertz CT molecular complexity index is 628. The molecule has 0 unspecified atom stereocenters. The minimum absolute atomic E-state index is 0.220. The first-order valence-corrected chi connectivity index (χ1v) is 6.61. The van der Waals surface area contributed by atoms with Crippen molar-refractivity contribution in [2.45, 2.75) is 13.5 Å². The van der Waals surface area contributed by atoms with E-state index in [1.54, 1.807) is 6.07 Å². The summed E-state index contributed by atoms with van der Waals surface area (Å²) in [7, 11) is 0. The minimum atomic E-state index is -0.220. The number of aryl methyl sites for hydroxylation is 1. The Morgan fingerprint density at radius 2 is 2.00 bits per heavy atom. The number of nitrogens with one attached hydrogen (secondary N) is 1. The fourth-order valence-electron chi connectivity index (χ4n) is 2.29. The molecule has 3 rings (SSSR count). The van der Waals surface area contributed by atoms with Crippen molar-refractivity contribution >= 4 is 5.69 Å². The second kappa shape index (κ2) is 5.41. The van der Waals surface area contributed by atoms with Crippen molar-refractivity contribution in [3.8, 4) is 11.5 Å². The van der Waals surface area contributed by atoms with Crippen LogP contribution in [0.15, 0.2) is 36.4 Å². The van der Waals surface area contributed by atoms with Crippen LogP contribution in [0, 0.1) is 12.7 Å². The molecule has 1 aliphatic heterocycles. The smallest absolute Gasteiger partial charge is 0.166 e. The second-order valence-electron chi connectivity index (χ2n) is 4.75. The van der Waals surface area contributed by atoms with Gasteiger partial charge < -0.3 is 14.8 Å². The van der Waals surface area contributed by atoms with Gasteiger partial charge in [-0.2, -0.15) is 0 Å². The normalized spacial score (nSPS) is 13.1. The third-order valence-electron chi connectivity index (χ3n) is 3.31. The molecule has 2 aromatic carbocycles. The molecule has 2 aromatic rings. The predicted molar refractivity (Wildman–Crippen MR) is 75.9 cm³/mol.